The van der Waals surface area contributed by atoms with Crippen molar-refractivity contribution in [3.63, 3.8) is 0 Å². The van der Waals surface area contributed by atoms with Crippen molar-refractivity contribution in [2.75, 3.05) is 0 Å². The number of fused-ring (bicyclic) bond motifs is 2. The van der Waals surface area contributed by atoms with Crippen LogP contribution in [0.2, 0.25) is 0 Å². The third kappa shape index (κ3) is 9.63. The number of amides is 2. The van der Waals surface area contributed by atoms with Crippen LogP contribution in [-0.4, -0.2) is 33.2 Å². The molecule has 0 bridgehead atoms. The minimum Gasteiger partial charge on any atom is -0.387 e. The molecule has 0 radical (unpaired) electrons. The van der Waals surface area contributed by atoms with Gasteiger partial charge in [-0.1, -0.05) is 206 Å². The van der Waals surface area contributed by atoms with E-state index in [1.54, 1.807) is 13.8 Å². The van der Waals surface area contributed by atoms with Crippen LogP contribution in [0.1, 0.15) is 59.3 Å². The van der Waals surface area contributed by atoms with E-state index in [0.29, 0.717) is 0 Å². The maximum absolute atomic E-state index is 15.2. The SMILES string of the molecule is CC(C)(C(=O)N[C@H](c1cccc2ccccc12)C(O)(Cc1ccccc1)Cc1ccccc1)C(=O)N[C@H](c1cccc2ccccc12)C(O)(Cc1ccccc1)Cc1ccccc1. The van der Waals surface area contributed by atoms with Gasteiger partial charge in [-0.25, -0.2) is 0 Å². The fourth-order valence-corrected chi connectivity index (χ4v) is 9.06. The number of nitrogens with one attached hydrogen (secondary N) is 2. The van der Waals surface area contributed by atoms with Crippen LogP contribution < -0.4 is 10.6 Å². The Labute approximate surface area is 370 Å². The molecule has 2 amide bonds. The molecule has 0 heterocycles. The summed E-state index contributed by atoms with van der Waals surface area (Å²) in [6.45, 7) is 3.22. The van der Waals surface area contributed by atoms with Crippen LogP contribution in [0, 0.1) is 5.41 Å². The first-order valence-electron chi connectivity index (χ1n) is 21.7. The molecule has 0 aliphatic heterocycles. The third-order valence-electron chi connectivity index (χ3n) is 12.4. The Morgan fingerprint density at radius 1 is 0.397 bits per heavy atom. The average molecular weight is 831 g/mol. The van der Waals surface area contributed by atoms with Crippen LogP contribution in [-0.2, 0) is 35.3 Å². The number of rotatable bonds is 16. The molecule has 8 rings (SSSR count). The molecule has 6 nitrogen and oxygen atoms in total. The molecule has 0 saturated carbocycles. The molecule has 2 atom stereocenters. The van der Waals surface area contributed by atoms with Gasteiger partial charge in [0.15, 0.2) is 0 Å². The predicted molar refractivity (Wildman–Crippen MR) is 254 cm³/mol. The fourth-order valence-electron chi connectivity index (χ4n) is 9.06. The van der Waals surface area contributed by atoms with Gasteiger partial charge in [-0.2, -0.15) is 0 Å². The van der Waals surface area contributed by atoms with Crippen LogP contribution >= 0.6 is 0 Å². The number of hydrogen-bond acceptors (Lipinski definition) is 4. The minimum absolute atomic E-state index is 0.221. The zero-order valence-electron chi connectivity index (χ0n) is 35.8. The van der Waals surface area contributed by atoms with E-state index in [4.69, 9.17) is 0 Å². The molecule has 0 aliphatic rings. The monoisotopic (exact) mass is 830 g/mol. The highest BCUT2D eigenvalue weighted by atomic mass is 16.3. The van der Waals surface area contributed by atoms with Gasteiger partial charge in [0, 0.05) is 25.7 Å². The predicted octanol–water partition coefficient (Wildman–Crippen LogP) is 10.5. The first-order valence-corrected chi connectivity index (χ1v) is 21.7. The summed E-state index contributed by atoms with van der Waals surface area (Å²) < 4.78 is 0. The second-order valence-electron chi connectivity index (χ2n) is 17.4. The van der Waals surface area contributed by atoms with E-state index in [-0.39, 0.29) is 25.7 Å². The molecule has 0 spiro atoms. The molecule has 0 aromatic heterocycles. The Balaban J connectivity index is 1.21. The molecule has 0 saturated heterocycles. The van der Waals surface area contributed by atoms with Gasteiger partial charge in [0.1, 0.15) is 5.41 Å². The normalized spacial score (nSPS) is 13.0. The Morgan fingerprint density at radius 2 is 0.667 bits per heavy atom. The summed E-state index contributed by atoms with van der Waals surface area (Å²) in [7, 11) is 0. The number of carbonyl (C=O) groups is 2. The number of aliphatic hydroxyl groups is 2. The Morgan fingerprint density at radius 3 is 0.984 bits per heavy atom. The Hall–Kier alpha value is -6.86. The summed E-state index contributed by atoms with van der Waals surface area (Å²) in [6, 6.07) is 65.0. The number of hydrogen-bond donors (Lipinski definition) is 4. The molecule has 63 heavy (non-hydrogen) atoms. The largest absolute Gasteiger partial charge is 0.387 e. The van der Waals surface area contributed by atoms with Gasteiger partial charge >= 0.3 is 0 Å². The topological polar surface area (TPSA) is 98.7 Å². The van der Waals surface area contributed by atoms with E-state index in [0.717, 1.165) is 54.9 Å². The second-order valence-corrected chi connectivity index (χ2v) is 17.4. The number of carbonyl (C=O) groups excluding carboxylic acids is 2. The summed E-state index contributed by atoms with van der Waals surface area (Å²) in [5.74, 6) is -1.13. The van der Waals surface area contributed by atoms with Crippen molar-refractivity contribution in [3.05, 3.63) is 240 Å². The lowest BCUT2D eigenvalue weighted by atomic mass is 9.76. The molecular formula is C57H54N2O4. The lowest BCUT2D eigenvalue weighted by molar-refractivity contribution is -0.145. The highest BCUT2D eigenvalue weighted by Gasteiger charge is 2.47. The summed E-state index contributed by atoms with van der Waals surface area (Å²) in [5.41, 5.74) is 0.303. The van der Waals surface area contributed by atoms with Crippen molar-refractivity contribution in [1.29, 1.82) is 0 Å². The summed E-state index contributed by atoms with van der Waals surface area (Å²) in [4.78, 5) is 30.4. The van der Waals surface area contributed by atoms with Crippen molar-refractivity contribution in [3.8, 4) is 0 Å². The van der Waals surface area contributed by atoms with E-state index in [2.05, 4.69) is 10.6 Å². The van der Waals surface area contributed by atoms with Gasteiger partial charge in [0.25, 0.3) is 0 Å². The highest BCUT2D eigenvalue weighted by molar-refractivity contribution is 6.05. The van der Waals surface area contributed by atoms with E-state index in [1.807, 2.05) is 206 Å². The maximum Gasteiger partial charge on any atom is 0.235 e. The summed E-state index contributed by atoms with van der Waals surface area (Å²) in [5, 5.41) is 36.8. The van der Waals surface area contributed by atoms with Crippen LogP contribution in [0.15, 0.2) is 206 Å². The summed E-state index contributed by atoms with van der Waals surface area (Å²) in [6.07, 6.45) is 0.884. The van der Waals surface area contributed by atoms with Gasteiger partial charge < -0.3 is 20.8 Å². The van der Waals surface area contributed by atoms with E-state index in [9.17, 15) is 10.2 Å². The van der Waals surface area contributed by atoms with Gasteiger partial charge in [-0.3, -0.25) is 9.59 Å². The molecule has 0 aliphatic carbocycles. The van der Waals surface area contributed by atoms with Crippen molar-refractivity contribution >= 4 is 33.4 Å². The van der Waals surface area contributed by atoms with Gasteiger partial charge in [0.05, 0.1) is 23.3 Å². The highest BCUT2D eigenvalue weighted by Crippen LogP contribution is 2.40. The standard InChI is InChI=1S/C57H54N2O4/c1-55(2,53(60)58-51(49-35-19-31-45-29-15-17-33-47(45)49)56(62,37-41-21-7-3-8-22-41)38-42-23-9-4-10-24-42)54(61)59-52(50-36-20-32-46-30-16-18-34-48(46)50)57(63,39-43-25-11-5-12-26-43)40-44-27-13-6-14-28-44/h3-36,51-52,62-63H,37-40H2,1-2H3,(H,58,60)(H,59,61)/t51-,52-/m1/s1. The molecule has 4 N–H and O–H groups in total. The smallest absolute Gasteiger partial charge is 0.235 e. The van der Waals surface area contributed by atoms with E-state index in [1.165, 1.54) is 0 Å². The molecule has 0 fully saturated rings. The zero-order chi connectivity index (χ0) is 43.9. The first kappa shape index (κ1) is 42.8. The summed E-state index contributed by atoms with van der Waals surface area (Å²) >= 11 is 0. The zero-order valence-corrected chi connectivity index (χ0v) is 35.8. The number of benzene rings is 8. The molecule has 8 aromatic rings. The van der Waals surface area contributed by atoms with Crippen LogP contribution in [0.25, 0.3) is 21.5 Å². The van der Waals surface area contributed by atoms with Crippen molar-refractivity contribution in [2.24, 2.45) is 5.41 Å². The molecule has 8 aromatic carbocycles. The van der Waals surface area contributed by atoms with Crippen molar-refractivity contribution in [1.82, 2.24) is 10.6 Å². The second kappa shape index (κ2) is 18.6. The molecule has 316 valence electrons. The Kier molecular flexibility index (Phi) is 12.7. The van der Waals surface area contributed by atoms with E-state index >= 15 is 9.59 Å². The molecule has 6 heteroatoms. The quantitative estimate of drug-likeness (QED) is 0.0729. The fraction of sp³-hybridized carbons (Fsp3) is 0.193. The Bertz CT molecular complexity index is 2510. The molecule has 0 unspecified atom stereocenters. The van der Waals surface area contributed by atoms with Crippen LogP contribution in [0.5, 0.6) is 0 Å². The van der Waals surface area contributed by atoms with Gasteiger partial charge in [-0.15, -0.1) is 0 Å². The van der Waals surface area contributed by atoms with Gasteiger partial charge in [0.2, 0.25) is 11.8 Å². The lowest BCUT2D eigenvalue weighted by Gasteiger charge is -2.41. The van der Waals surface area contributed by atoms with Gasteiger partial charge in [-0.05, 0) is 68.8 Å². The minimum atomic E-state index is -1.69. The third-order valence-corrected chi connectivity index (χ3v) is 12.4. The van der Waals surface area contributed by atoms with Crippen molar-refractivity contribution < 1.29 is 19.8 Å². The average Bonchev–Trinajstić information content (AvgIpc) is 3.30. The van der Waals surface area contributed by atoms with Crippen molar-refractivity contribution in [2.45, 2.75) is 62.8 Å². The lowest BCUT2D eigenvalue weighted by Crippen LogP contribution is -2.57. The van der Waals surface area contributed by atoms with Crippen LogP contribution in [0.3, 0.4) is 0 Å². The van der Waals surface area contributed by atoms with E-state index < -0.39 is 40.5 Å². The van der Waals surface area contributed by atoms with Crippen LogP contribution in [0.4, 0.5) is 0 Å². The maximum atomic E-state index is 15.2. The first-order chi connectivity index (χ1) is 30.5. The molecular weight excluding hydrogens is 777 g/mol.